The molecule has 5 N–H and O–H groups in total. The zero-order valence-electron chi connectivity index (χ0n) is 18.1. The molecule has 0 saturated heterocycles. The molecule has 0 fully saturated rings. The van der Waals surface area contributed by atoms with Crippen LogP contribution in [-0.4, -0.2) is 45.0 Å². The maximum absolute atomic E-state index is 12.1. The molecule has 0 aliphatic rings. The van der Waals surface area contributed by atoms with Gasteiger partial charge in [0.1, 0.15) is 0 Å². The minimum Gasteiger partial charge on any atom is -0.363 e. The first-order valence-corrected chi connectivity index (χ1v) is 10.0. The van der Waals surface area contributed by atoms with Crippen molar-refractivity contribution in [1.82, 2.24) is 31.4 Å². The Bertz CT molecular complexity index is 1050. The minimum atomic E-state index is -0.309. The molecular weight excluding hydrogens is 412 g/mol. The molecule has 0 spiro atoms. The van der Waals surface area contributed by atoms with Gasteiger partial charge >= 0.3 is 6.03 Å². The van der Waals surface area contributed by atoms with Crippen molar-refractivity contribution < 1.29 is 14.6 Å². The molecule has 0 bridgehead atoms. The number of hydroxylamine groups is 1. The first-order chi connectivity index (χ1) is 15.4. The quantitative estimate of drug-likeness (QED) is 0.204. The number of aromatic nitrogens is 3. The number of amidine groups is 1. The van der Waals surface area contributed by atoms with E-state index >= 15 is 0 Å². The molecule has 0 saturated carbocycles. The number of hydrogen-bond donors (Lipinski definition) is 5. The average molecular weight is 438 g/mol. The number of rotatable bonds is 8. The molecule has 0 aliphatic heterocycles. The van der Waals surface area contributed by atoms with E-state index in [0.29, 0.717) is 18.8 Å². The number of aliphatic imine (C=N–C) groups is 1. The molecule has 168 valence electrons. The van der Waals surface area contributed by atoms with Crippen LogP contribution in [0.4, 0.5) is 16.3 Å². The lowest BCUT2D eigenvalue weighted by atomic mass is 10.1. The van der Waals surface area contributed by atoms with Gasteiger partial charge in [0, 0.05) is 31.5 Å². The van der Waals surface area contributed by atoms with Crippen LogP contribution in [0.1, 0.15) is 29.3 Å². The van der Waals surface area contributed by atoms with Crippen LogP contribution in [0.3, 0.4) is 0 Å². The Morgan fingerprint density at radius 3 is 2.69 bits per heavy atom. The molecule has 32 heavy (non-hydrogen) atoms. The topological polar surface area (TPSA) is 150 Å². The van der Waals surface area contributed by atoms with E-state index in [2.05, 4.69) is 36.2 Å². The Morgan fingerprint density at radius 2 is 2.00 bits per heavy atom. The predicted molar refractivity (Wildman–Crippen MR) is 119 cm³/mol. The second-order valence-corrected chi connectivity index (χ2v) is 7.35. The number of benzene rings is 1. The van der Waals surface area contributed by atoms with Crippen molar-refractivity contribution in [3.8, 4) is 0 Å². The molecule has 2 aromatic heterocycles. The molecule has 3 rings (SSSR count). The molecule has 1 unspecified atom stereocenters. The highest BCUT2D eigenvalue weighted by atomic mass is 16.6. The monoisotopic (exact) mass is 438 g/mol. The molecule has 2 amide bonds. The Balaban J connectivity index is 1.57. The average Bonchev–Trinajstić information content (AvgIpc) is 3.23. The van der Waals surface area contributed by atoms with Crippen LogP contribution < -0.4 is 21.4 Å². The number of hydrogen-bond acceptors (Lipinski definition) is 8. The standard InChI is InChI=1S/C21H26N8O3/c1-13-7-14(2)9-17(8-13)26-20(27-31)18-19(29-32-28-18)23-10-15(3)25-21(30)24-12-16-5-4-6-22-11-16/h4-9,11,15,31H,10,12H2,1-3H3,(H,23,29)(H,26,27)(H2,24,25,30). The lowest BCUT2D eigenvalue weighted by Crippen LogP contribution is -2.43. The Kier molecular flexibility index (Phi) is 7.70. The summed E-state index contributed by atoms with van der Waals surface area (Å²) in [5, 5.41) is 25.9. The maximum Gasteiger partial charge on any atom is 0.315 e. The smallest absolute Gasteiger partial charge is 0.315 e. The number of pyridine rings is 1. The minimum absolute atomic E-state index is 0.0774. The summed E-state index contributed by atoms with van der Waals surface area (Å²) in [6, 6.07) is 8.92. The fourth-order valence-electron chi connectivity index (χ4n) is 3.00. The molecule has 1 atom stereocenters. The Labute approximate surface area is 185 Å². The Hall–Kier alpha value is -3.99. The van der Waals surface area contributed by atoms with E-state index in [1.54, 1.807) is 12.4 Å². The van der Waals surface area contributed by atoms with Crippen molar-refractivity contribution >= 4 is 23.4 Å². The summed E-state index contributed by atoms with van der Waals surface area (Å²) in [6.07, 6.45) is 3.37. The van der Waals surface area contributed by atoms with Gasteiger partial charge in [-0.2, -0.15) is 0 Å². The molecular formula is C21H26N8O3. The van der Waals surface area contributed by atoms with Gasteiger partial charge in [-0.15, -0.1) is 0 Å². The number of nitrogens with one attached hydrogen (secondary N) is 4. The van der Waals surface area contributed by atoms with Gasteiger partial charge in [-0.25, -0.2) is 14.4 Å². The summed E-state index contributed by atoms with van der Waals surface area (Å²) in [5.74, 6) is 0.354. The third-order valence-electron chi connectivity index (χ3n) is 4.40. The van der Waals surface area contributed by atoms with Crippen molar-refractivity contribution in [2.75, 3.05) is 11.9 Å². The van der Waals surface area contributed by atoms with Crippen LogP contribution in [0.5, 0.6) is 0 Å². The second kappa shape index (κ2) is 10.9. The summed E-state index contributed by atoms with van der Waals surface area (Å²) >= 11 is 0. The first-order valence-electron chi connectivity index (χ1n) is 10.0. The maximum atomic E-state index is 12.1. The molecule has 0 radical (unpaired) electrons. The number of carbonyl (C=O) groups excluding carboxylic acids is 1. The number of anilines is 1. The molecule has 11 heteroatoms. The van der Waals surface area contributed by atoms with E-state index in [1.165, 1.54) is 0 Å². The fourth-order valence-corrected chi connectivity index (χ4v) is 3.00. The largest absolute Gasteiger partial charge is 0.363 e. The fraction of sp³-hybridized carbons (Fsp3) is 0.286. The van der Waals surface area contributed by atoms with Crippen LogP contribution in [-0.2, 0) is 6.54 Å². The summed E-state index contributed by atoms with van der Waals surface area (Å²) < 4.78 is 4.81. The molecule has 11 nitrogen and oxygen atoms in total. The van der Waals surface area contributed by atoms with Crippen molar-refractivity contribution in [1.29, 1.82) is 0 Å². The summed E-state index contributed by atoms with van der Waals surface area (Å²) in [7, 11) is 0. The van der Waals surface area contributed by atoms with Gasteiger partial charge in [0.25, 0.3) is 0 Å². The van der Waals surface area contributed by atoms with Gasteiger partial charge in [0.15, 0.2) is 11.5 Å². The van der Waals surface area contributed by atoms with Crippen LogP contribution in [0.15, 0.2) is 52.3 Å². The predicted octanol–water partition coefficient (Wildman–Crippen LogP) is 2.44. The second-order valence-electron chi connectivity index (χ2n) is 7.35. The van der Waals surface area contributed by atoms with E-state index < -0.39 is 0 Å². The van der Waals surface area contributed by atoms with Gasteiger partial charge in [-0.3, -0.25) is 15.7 Å². The van der Waals surface area contributed by atoms with Gasteiger partial charge in [0.05, 0.1) is 5.69 Å². The SMILES string of the molecule is Cc1cc(C)cc(/N=C(\NO)c2nonc2NCC(C)NC(=O)NCc2cccnc2)c1. The van der Waals surface area contributed by atoms with E-state index in [0.717, 1.165) is 16.7 Å². The van der Waals surface area contributed by atoms with Crippen LogP contribution in [0, 0.1) is 13.8 Å². The van der Waals surface area contributed by atoms with Gasteiger partial charge in [-0.05, 0) is 66.0 Å². The highest BCUT2D eigenvalue weighted by molar-refractivity contribution is 6.01. The number of aryl methyl sites for hydroxylation is 2. The van der Waals surface area contributed by atoms with Crippen molar-refractivity contribution in [3.63, 3.8) is 0 Å². The van der Waals surface area contributed by atoms with Gasteiger partial charge < -0.3 is 16.0 Å². The zero-order valence-corrected chi connectivity index (χ0v) is 18.1. The number of carbonyl (C=O) groups is 1. The number of nitrogens with zero attached hydrogens (tertiary/aromatic N) is 4. The third-order valence-corrected chi connectivity index (χ3v) is 4.40. The van der Waals surface area contributed by atoms with Gasteiger partial charge in [-0.1, -0.05) is 12.1 Å². The normalized spacial score (nSPS) is 12.2. The van der Waals surface area contributed by atoms with E-state index in [4.69, 9.17) is 4.63 Å². The molecule has 0 aliphatic carbocycles. The molecule has 1 aromatic carbocycles. The first kappa shape index (κ1) is 22.7. The highest BCUT2D eigenvalue weighted by Gasteiger charge is 2.18. The summed E-state index contributed by atoms with van der Waals surface area (Å²) in [5.41, 5.74) is 5.89. The van der Waals surface area contributed by atoms with E-state index in [9.17, 15) is 10.0 Å². The van der Waals surface area contributed by atoms with E-state index in [-0.39, 0.29) is 29.4 Å². The lowest BCUT2D eigenvalue weighted by molar-refractivity contribution is 0.234. The number of amides is 2. The summed E-state index contributed by atoms with van der Waals surface area (Å²) in [4.78, 5) is 20.5. The number of urea groups is 1. The Morgan fingerprint density at radius 1 is 1.22 bits per heavy atom. The molecule has 2 heterocycles. The van der Waals surface area contributed by atoms with Crippen molar-refractivity contribution in [2.24, 2.45) is 4.99 Å². The van der Waals surface area contributed by atoms with Gasteiger partial charge in [0.2, 0.25) is 5.82 Å². The highest BCUT2D eigenvalue weighted by Crippen LogP contribution is 2.19. The van der Waals surface area contributed by atoms with Crippen molar-refractivity contribution in [2.45, 2.75) is 33.4 Å². The molecule has 3 aromatic rings. The van der Waals surface area contributed by atoms with Crippen LogP contribution in [0.25, 0.3) is 0 Å². The third kappa shape index (κ3) is 6.51. The van der Waals surface area contributed by atoms with Crippen LogP contribution >= 0.6 is 0 Å². The summed E-state index contributed by atoms with van der Waals surface area (Å²) in [6.45, 7) is 6.47. The van der Waals surface area contributed by atoms with Crippen LogP contribution in [0.2, 0.25) is 0 Å². The van der Waals surface area contributed by atoms with Crippen molar-refractivity contribution in [3.05, 3.63) is 65.1 Å². The zero-order chi connectivity index (χ0) is 22.9. The van der Waals surface area contributed by atoms with E-state index in [1.807, 2.05) is 56.6 Å². The lowest BCUT2D eigenvalue weighted by Gasteiger charge is -2.15.